The van der Waals surface area contributed by atoms with Gasteiger partial charge in [0.2, 0.25) is 0 Å². The summed E-state index contributed by atoms with van der Waals surface area (Å²) >= 11 is -0.298. The molecule has 84 valence electrons. The molecule has 1 rings (SSSR count). The molecular weight excluding hydrogens is 228 g/mol. The summed E-state index contributed by atoms with van der Waals surface area (Å²) in [5.74, 6) is -0.564. The van der Waals surface area contributed by atoms with Crippen LogP contribution in [0.1, 0.15) is 18.9 Å². The van der Waals surface area contributed by atoms with Crippen molar-refractivity contribution in [3.63, 3.8) is 0 Å². The van der Waals surface area contributed by atoms with E-state index in [1.807, 2.05) is 6.92 Å². The van der Waals surface area contributed by atoms with Crippen LogP contribution in [0.4, 0.5) is 17.6 Å². The molecule has 15 heavy (non-hydrogen) atoms. The van der Waals surface area contributed by atoms with Crippen molar-refractivity contribution < 1.29 is 17.6 Å². The zero-order chi connectivity index (χ0) is 11.5. The molecule has 0 bridgehead atoms. The molecule has 0 fully saturated rings. The van der Waals surface area contributed by atoms with Crippen LogP contribution in [0.25, 0.3) is 0 Å². The lowest BCUT2D eigenvalue weighted by atomic mass is 10.1. The van der Waals surface area contributed by atoms with E-state index < -0.39 is 11.3 Å². The molecule has 1 aromatic rings. The summed E-state index contributed by atoms with van der Waals surface area (Å²) in [6.07, 6.45) is 1.31. The van der Waals surface area contributed by atoms with Crippen molar-refractivity contribution in [2.75, 3.05) is 0 Å². The Morgan fingerprint density at radius 2 is 1.93 bits per heavy atom. The van der Waals surface area contributed by atoms with Crippen molar-refractivity contribution in [3.8, 4) is 0 Å². The summed E-state index contributed by atoms with van der Waals surface area (Å²) in [5.41, 5.74) is -3.90. The number of halogens is 4. The van der Waals surface area contributed by atoms with E-state index in [1.54, 1.807) is 0 Å². The smallest absolute Gasteiger partial charge is 0.207 e. The number of benzene rings is 1. The standard InChI is InChI=1S/C10H10F4S/c1-2-3-7-4-5-8(6-9(7)11)15-10(12,13)14/h4-6H,2-3H2,1H3. The first-order chi connectivity index (χ1) is 6.92. The van der Waals surface area contributed by atoms with E-state index >= 15 is 0 Å². The average Bonchev–Trinajstić information content (AvgIpc) is 2.07. The first-order valence-corrected chi connectivity index (χ1v) is 5.28. The minimum Gasteiger partial charge on any atom is -0.207 e. The molecule has 0 saturated carbocycles. The van der Waals surface area contributed by atoms with Crippen molar-refractivity contribution in [2.45, 2.75) is 30.2 Å². The number of rotatable bonds is 3. The van der Waals surface area contributed by atoms with Crippen LogP contribution in [-0.4, -0.2) is 5.51 Å². The van der Waals surface area contributed by atoms with Crippen LogP contribution in [0.5, 0.6) is 0 Å². The SMILES string of the molecule is CCCc1ccc(SC(F)(F)F)cc1F. The Balaban J connectivity index is 2.82. The number of alkyl halides is 3. The van der Waals surface area contributed by atoms with Gasteiger partial charge in [0.05, 0.1) is 0 Å². The minimum atomic E-state index is -4.36. The van der Waals surface area contributed by atoms with Gasteiger partial charge in [-0.25, -0.2) is 4.39 Å². The Morgan fingerprint density at radius 1 is 1.27 bits per heavy atom. The Labute approximate surface area is 89.7 Å². The Kier molecular flexibility index (Phi) is 4.02. The lowest BCUT2D eigenvalue weighted by Crippen LogP contribution is -1.99. The molecule has 0 saturated heterocycles. The fraction of sp³-hybridized carbons (Fsp3) is 0.400. The normalized spacial score (nSPS) is 11.8. The second-order valence-electron chi connectivity index (χ2n) is 3.05. The van der Waals surface area contributed by atoms with Crippen molar-refractivity contribution in [1.82, 2.24) is 0 Å². The van der Waals surface area contributed by atoms with E-state index in [-0.39, 0.29) is 16.7 Å². The van der Waals surface area contributed by atoms with Crippen LogP contribution in [0.2, 0.25) is 0 Å². The first-order valence-electron chi connectivity index (χ1n) is 4.46. The number of thioether (sulfide) groups is 1. The van der Waals surface area contributed by atoms with E-state index in [1.165, 1.54) is 12.1 Å². The number of hydrogen-bond acceptors (Lipinski definition) is 1. The molecule has 0 heterocycles. The zero-order valence-corrected chi connectivity index (χ0v) is 8.88. The molecule has 0 aliphatic carbocycles. The molecule has 0 aromatic heterocycles. The summed E-state index contributed by atoms with van der Waals surface area (Å²) in [6, 6.07) is 3.64. The van der Waals surface area contributed by atoms with Crippen molar-refractivity contribution in [1.29, 1.82) is 0 Å². The quantitative estimate of drug-likeness (QED) is 0.556. The third kappa shape index (κ3) is 4.11. The number of aryl methyl sites for hydroxylation is 1. The van der Waals surface area contributed by atoms with E-state index in [0.29, 0.717) is 12.0 Å². The van der Waals surface area contributed by atoms with Gasteiger partial charge in [0.1, 0.15) is 5.82 Å². The van der Waals surface area contributed by atoms with E-state index in [4.69, 9.17) is 0 Å². The number of hydrogen-bond donors (Lipinski definition) is 0. The first kappa shape index (κ1) is 12.4. The largest absolute Gasteiger partial charge is 0.446 e. The lowest BCUT2D eigenvalue weighted by molar-refractivity contribution is -0.0328. The van der Waals surface area contributed by atoms with Gasteiger partial charge in [0, 0.05) is 4.90 Å². The van der Waals surface area contributed by atoms with E-state index in [0.717, 1.165) is 12.5 Å². The summed E-state index contributed by atoms with van der Waals surface area (Å²) < 4.78 is 49.1. The fourth-order valence-electron chi connectivity index (χ4n) is 1.20. The summed E-state index contributed by atoms with van der Waals surface area (Å²) in [6.45, 7) is 1.89. The molecule has 5 heteroatoms. The van der Waals surface area contributed by atoms with E-state index in [2.05, 4.69) is 0 Å². The van der Waals surface area contributed by atoms with Gasteiger partial charge in [-0.3, -0.25) is 0 Å². The summed E-state index contributed by atoms with van der Waals surface area (Å²) in [5, 5.41) is 0. The second-order valence-corrected chi connectivity index (χ2v) is 4.19. The summed E-state index contributed by atoms with van der Waals surface area (Å²) in [7, 11) is 0. The topological polar surface area (TPSA) is 0 Å². The fourth-order valence-corrected chi connectivity index (χ4v) is 1.76. The Hall–Kier alpha value is -0.710. The molecule has 0 atom stereocenters. The molecule has 0 aliphatic heterocycles. The molecule has 0 nitrogen and oxygen atoms in total. The minimum absolute atomic E-state index is 0.111. The van der Waals surface area contributed by atoms with Gasteiger partial charge in [0.15, 0.2) is 0 Å². The van der Waals surface area contributed by atoms with Crippen LogP contribution in [-0.2, 0) is 6.42 Å². The third-order valence-corrected chi connectivity index (χ3v) is 2.50. The van der Waals surface area contributed by atoms with Crippen LogP contribution < -0.4 is 0 Å². The van der Waals surface area contributed by atoms with Crippen LogP contribution in [0.3, 0.4) is 0 Å². The second kappa shape index (κ2) is 4.88. The van der Waals surface area contributed by atoms with E-state index in [9.17, 15) is 17.6 Å². The predicted molar refractivity (Wildman–Crippen MR) is 52.3 cm³/mol. The Morgan fingerprint density at radius 3 is 2.40 bits per heavy atom. The highest BCUT2D eigenvalue weighted by Crippen LogP contribution is 2.37. The van der Waals surface area contributed by atoms with Gasteiger partial charge in [0.25, 0.3) is 0 Å². The van der Waals surface area contributed by atoms with Crippen molar-refractivity contribution in [3.05, 3.63) is 29.6 Å². The third-order valence-electron chi connectivity index (χ3n) is 1.78. The highest BCUT2D eigenvalue weighted by molar-refractivity contribution is 8.00. The van der Waals surface area contributed by atoms with Crippen LogP contribution in [0.15, 0.2) is 23.1 Å². The van der Waals surface area contributed by atoms with Crippen molar-refractivity contribution in [2.24, 2.45) is 0 Å². The van der Waals surface area contributed by atoms with Gasteiger partial charge in [-0.2, -0.15) is 13.2 Å². The zero-order valence-electron chi connectivity index (χ0n) is 8.07. The van der Waals surface area contributed by atoms with Gasteiger partial charge >= 0.3 is 5.51 Å². The van der Waals surface area contributed by atoms with Gasteiger partial charge in [-0.1, -0.05) is 19.4 Å². The predicted octanol–water partition coefficient (Wildman–Crippen LogP) is 4.39. The van der Waals surface area contributed by atoms with Crippen molar-refractivity contribution >= 4 is 11.8 Å². The molecule has 0 radical (unpaired) electrons. The van der Waals surface area contributed by atoms with Crippen LogP contribution >= 0.6 is 11.8 Å². The summed E-state index contributed by atoms with van der Waals surface area (Å²) in [4.78, 5) is -0.111. The average molecular weight is 238 g/mol. The molecule has 0 unspecified atom stereocenters. The maximum Gasteiger partial charge on any atom is 0.446 e. The maximum atomic E-state index is 13.2. The highest BCUT2D eigenvalue weighted by atomic mass is 32.2. The maximum absolute atomic E-state index is 13.2. The Bertz CT molecular complexity index is 333. The monoisotopic (exact) mass is 238 g/mol. The lowest BCUT2D eigenvalue weighted by Gasteiger charge is -2.07. The molecule has 1 aromatic carbocycles. The molecular formula is C10H10F4S. The van der Waals surface area contributed by atoms with Gasteiger partial charge in [-0.05, 0) is 35.9 Å². The van der Waals surface area contributed by atoms with Gasteiger partial charge < -0.3 is 0 Å². The molecule has 0 spiro atoms. The van der Waals surface area contributed by atoms with Gasteiger partial charge in [-0.15, -0.1) is 0 Å². The molecule has 0 aliphatic rings. The highest BCUT2D eigenvalue weighted by Gasteiger charge is 2.29. The molecule has 0 N–H and O–H groups in total. The molecule has 0 amide bonds. The van der Waals surface area contributed by atoms with Crippen LogP contribution in [0, 0.1) is 5.82 Å².